The number of hydrogen-bond donors (Lipinski definition) is 2. The predicted octanol–water partition coefficient (Wildman–Crippen LogP) is 1.83. The molecule has 90 valence electrons. The third-order valence-corrected chi connectivity index (χ3v) is 2.20. The number of amidine groups is 1. The first kappa shape index (κ1) is 14.2. The number of nitrogens with two attached hydrogens (primary N) is 1. The maximum Gasteiger partial charge on any atom is 0.399 e. The van der Waals surface area contributed by atoms with Crippen LogP contribution in [-0.2, 0) is 0 Å². The van der Waals surface area contributed by atoms with Crippen molar-refractivity contribution < 1.29 is 13.2 Å². The molecule has 0 aromatic carbocycles. The molecule has 0 aromatic heterocycles. The zero-order valence-corrected chi connectivity index (χ0v) is 9.06. The second-order valence-corrected chi connectivity index (χ2v) is 3.44. The lowest BCUT2D eigenvalue weighted by molar-refractivity contribution is -0.159. The van der Waals surface area contributed by atoms with Crippen molar-refractivity contribution >= 4 is 5.84 Å². The fourth-order valence-corrected chi connectivity index (χ4v) is 1.33. The highest BCUT2D eigenvalue weighted by atomic mass is 19.4. The summed E-state index contributed by atoms with van der Waals surface area (Å²) in [4.78, 5) is 1.65. The molecular formula is C9H18F3N3. The molecule has 0 aliphatic carbocycles. The van der Waals surface area contributed by atoms with E-state index in [1.54, 1.807) is 11.8 Å². The van der Waals surface area contributed by atoms with Crippen molar-refractivity contribution in [3.63, 3.8) is 0 Å². The molecule has 0 aliphatic heterocycles. The standard InChI is InChI=1S/C9H18F3N3/c1-3-5-15(4-2)6-7(8(13)14)9(10,11)12/h7H,3-6H2,1-2H3,(H3,13,14). The van der Waals surface area contributed by atoms with Gasteiger partial charge in [0.15, 0.2) is 0 Å². The summed E-state index contributed by atoms with van der Waals surface area (Å²) >= 11 is 0. The molecule has 0 aliphatic rings. The van der Waals surface area contributed by atoms with E-state index in [4.69, 9.17) is 11.1 Å². The van der Waals surface area contributed by atoms with Crippen molar-refractivity contribution in [3.8, 4) is 0 Å². The maximum absolute atomic E-state index is 12.5. The van der Waals surface area contributed by atoms with E-state index in [0.29, 0.717) is 13.1 Å². The van der Waals surface area contributed by atoms with Gasteiger partial charge in [0.05, 0.1) is 0 Å². The van der Waals surface area contributed by atoms with Crippen LogP contribution in [0.25, 0.3) is 0 Å². The van der Waals surface area contributed by atoms with Crippen LogP contribution in [0.4, 0.5) is 13.2 Å². The molecule has 0 rings (SSSR count). The molecule has 15 heavy (non-hydrogen) atoms. The quantitative estimate of drug-likeness (QED) is 0.535. The highest BCUT2D eigenvalue weighted by Crippen LogP contribution is 2.26. The van der Waals surface area contributed by atoms with E-state index in [-0.39, 0.29) is 6.54 Å². The fourth-order valence-electron chi connectivity index (χ4n) is 1.33. The second-order valence-electron chi connectivity index (χ2n) is 3.44. The summed E-state index contributed by atoms with van der Waals surface area (Å²) in [5.41, 5.74) is 4.96. The molecule has 0 saturated carbocycles. The zero-order chi connectivity index (χ0) is 12.1. The molecule has 0 spiro atoms. The van der Waals surface area contributed by atoms with Crippen LogP contribution in [0.1, 0.15) is 20.3 Å². The number of nitrogens with zero attached hydrogens (tertiary/aromatic N) is 1. The number of nitrogens with one attached hydrogen (secondary N) is 1. The Morgan fingerprint density at radius 1 is 1.40 bits per heavy atom. The molecule has 3 N–H and O–H groups in total. The Bertz CT molecular complexity index is 203. The number of rotatable bonds is 6. The van der Waals surface area contributed by atoms with Gasteiger partial charge in [0.1, 0.15) is 11.8 Å². The van der Waals surface area contributed by atoms with Crippen LogP contribution in [0.2, 0.25) is 0 Å². The number of hydrogen-bond acceptors (Lipinski definition) is 2. The topological polar surface area (TPSA) is 53.1 Å². The van der Waals surface area contributed by atoms with Gasteiger partial charge in [0.25, 0.3) is 0 Å². The van der Waals surface area contributed by atoms with Gasteiger partial charge in [-0.25, -0.2) is 0 Å². The first-order valence-corrected chi connectivity index (χ1v) is 4.95. The van der Waals surface area contributed by atoms with Crippen LogP contribution in [0.3, 0.4) is 0 Å². The lowest BCUT2D eigenvalue weighted by Gasteiger charge is -2.26. The van der Waals surface area contributed by atoms with Gasteiger partial charge >= 0.3 is 6.18 Å². The largest absolute Gasteiger partial charge is 0.399 e. The Morgan fingerprint density at radius 3 is 2.20 bits per heavy atom. The Balaban J connectivity index is 4.46. The fraction of sp³-hybridized carbons (Fsp3) is 0.889. The highest BCUT2D eigenvalue weighted by molar-refractivity contribution is 5.80. The third kappa shape index (κ3) is 5.01. The average molecular weight is 225 g/mol. The minimum atomic E-state index is -4.42. The lowest BCUT2D eigenvalue weighted by atomic mass is 10.1. The van der Waals surface area contributed by atoms with Gasteiger partial charge in [-0.05, 0) is 19.5 Å². The Hall–Kier alpha value is -0.780. The SMILES string of the molecule is CCCN(CC)CC(C(=N)N)C(F)(F)F. The van der Waals surface area contributed by atoms with Gasteiger partial charge in [-0.3, -0.25) is 5.41 Å². The Kier molecular flexibility index (Phi) is 5.64. The summed E-state index contributed by atoms with van der Waals surface area (Å²) in [7, 11) is 0. The van der Waals surface area contributed by atoms with Crippen LogP contribution in [0.5, 0.6) is 0 Å². The molecular weight excluding hydrogens is 207 g/mol. The molecule has 0 heterocycles. The van der Waals surface area contributed by atoms with Crippen molar-refractivity contribution in [3.05, 3.63) is 0 Å². The van der Waals surface area contributed by atoms with Crippen LogP contribution in [0, 0.1) is 11.3 Å². The minimum Gasteiger partial charge on any atom is -0.387 e. The van der Waals surface area contributed by atoms with Gasteiger partial charge in [-0.2, -0.15) is 13.2 Å². The van der Waals surface area contributed by atoms with Crippen molar-refractivity contribution in [2.75, 3.05) is 19.6 Å². The molecule has 1 atom stereocenters. The highest BCUT2D eigenvalue weighted by Gasteiger charge is 2.42. The van der Waals surface area contributed by atoms with E-state index in [1.807, 2.05) is 6.92 Å². The summed E-state index contributed by atoms with van der Waals surface area (Å²) in [5, 5.41) is 6.94. The van der Waals surface area contributed by atoms with Gasteiger partial charge in [0.2, 0.25) is 0 Å². The third-order valence-electron chi connectivity index (χ3n) is 2.20. The van der Waals surface area contributed by atoms with Crippen molar-refractivity contribution in [1.82, 2.24) is 4.90 Å². The Morgan fingerprint density at radius 2 is 1.93 bits per heavy atom. The van der Waals surface area contributed by atoms with Crippen molar-refractivity contribution in [2.45, 2.75) is 26.4 Å². The maximum atomic E-state index is 12.5. The molecule has 1 unspecified atom stereocenters. The predicted molar refractivity (Wildman–Crippen MR) is 53.9 cm³/mol. The molecule has 0 amide bonds. The van der Waals surface area contributed by atoms with E-state index in [2.05, 4.69) is 0 Å². The minimum absolute atomic E-state index is 0.219. The van der Waals surface area contributed by atoms with Crippen molar-refractivity contribution in [1.29, 1.82) is 5.41 Å². The molecule has 0 fully saturated rings. The number of alkyl halides is 3. The van der Waals surface area contributed by atoms with Gasteiger partial charge in [-0.15, -0.1) is 0 Å². The van der Waals surface area contributed by atoms with E-state index >= 15 is 0 Å². The number of halogens is 3. The summed E-state index contributed by atoms with van der Waals surface area (Å²) in [5.74, 6) is -2.65. The van der Waals surface area contributed by atoms with Crippen LogP contribution < -0.4 is 5.73 Å². The molecule has 0 aromatic rings. The van der Waals surface area contributed by atoms with E-state index < -0.39 is 17.9 Å². The molecule has 0 radical (unpaired) electrons. The van der Waals surface area contributed by atoms with Crippen LogP contribution in [0.15, 0.2) is 0 Å². The van der Waals surface area contributed by atoms with E-state index in [0.717, 1.165) is 6.42 Å². The van der Waals surface area contributed by atoms with E-state index in [9.17, 15) is 13.2 Å². The van der Waals surface area contributed by atoms with Crippen molar-refractivity contribution in [2.24, 2.45) is 11.7 Å². The molecule has 0 saturated heterocycles. The first-order chi connectivity index (χ1) is 6.82. The smallest absolute Gasteiger partial charge is 0.387 e. The summed E-state index contributed by atoms with van der Waals surface area (Å²) < 4.78 is 37.4. The van der Waals surface area contributed by atoms with Gasteiger partial charge in [-0.1, -0.05) is 13.8 Å². The summed E-state index contributed by atoms with van der Waals surface area (Å²) in [6.07, 6.45) is -3.64. The van der Waals surface area contributed by atoms with Crippen LogP contribution in [-0.4, -0.2) is 36.5 Å². The normalized spacial score (nSPS) is 14.3. The first-order valence-electron chi connectivity index (χ1n) is 4.95. The summed E-state index contributed by atoms with van der Waals surface area (Å²) in [6.45, 7) is 4.61. The average Bonchev–Trinajstić information content (AvgIpc) is 2.09. The zero-order valence-electron chi connectivity index (χ0n) is 9.06. The lowest BCUT2D eigenvalue weighted by Crippen LogP contribution is -2.44. The summed E-state index contributed by atoms with van der Waals surface area (Å²) in [6, 6.07) is 0. The Labute approximate surface area is 87.9 Å². The van der Waals surface area contributed by atoms with Crippen LogP contribution >= 0.6 is 0 Å². The molecule has 6 heteroatoms. The molecule has 0 bridgehead atoms. The second kappa shape index (κ2) is 5.95. The molecule has 3 nitrogen and oxygen atoms in total. The van der Waals surface area contributed by atoms with E-state index in [1.165, 1.54) is 0 Å². The van der Waals surface area contributed by atoms with Gasteiger partial charge < -0.3 is 10.6 Å². The monoisotopic (exact) mass is 225 g/mol. The van der Waals surface area contributed by atoms with Gasteiger partial charge in [0, 0.05) is 6.54 Å².